The maximum atomic E-state index is 12.2. The van der Waals surface area contributed by atoms with Gasteiger partial charge in [-0.15, -0.1) is 0 Å². The van der Waals surface area contributed by atoms with Crippen LogP contribution in [0.15, 0.2) is 65.3 Å². The summed E-state index contributed by atoms with van der Waals surface area (Å²) >= 11 is 0. The minimum atomic E-state index is -0.503. The Balaban J connectivity index is 1.47. The molecule has 0 aliphatic rings. The molecule has 0 radical (unpaired) electrons. The Labute approximate surface area is 137 Å². The minimum absolute atomic E-state index is 0.0242. The highest BCUT2D eigenvalue weighted by Gasteiger charge is 2.16. The van der Waals surface area contributed by atoms with Gasteiger partial charge in [-0.25, -0.2) is 9.78 Å². The summed E-state index contributed by atoms with van der Waals surface area (Å²) in [5.41, 5.74) is 2.46. The third-order valence-electron chi connectivity index (χ3n) is 3.59. The Bertz CT molecular complexity index is 989. The number of H-pyrrole nitrogens is 1. The fourth-order valence-electron chi connectivity index (χ4n) is 2.41. The molecular weight excluding hydrogens is 306 g/mol. The summed E-state index contributed by atoms with van der Waals surface area (Å²) in [7, 11) is 0. The number of hydrogen-bond donors (Lipinski definition) is 1. The van der Waals surface area contributed by atoms with Crippen molar-refractivity contribution in [2.24, 2.45) is 0 Å². The average Bonchev–Trinajstić information content (AvgIpc) is 3.27. The Morgan fingerprint density at radius 3 is 2.75 bits per heavy atom. The molecule has 6 nitrogen and oxygen atoms in total. The van der Waals surface area contributed by atoms with E-state index in [0.29, 0.717) is 11.6 Å². The first-order valence-electron chi connectivity index (χ1n) is 7.41. The van der Waals surface area contributed by atoms with Gasteiger partial charge in [-0.1, -0.05) is 36.4 Å². The molecule has 0 atom stereocenters. The van der Waals surface area contributed by atoms with Crippen LogP contribution in [0.5, 0.6) is 0 Å². The van der Waals surface area contributed by atoms with E-state index in [-0.39, 0.29) is 12.3 Å². The average molecular weight is 319 g/mol. The molecule has 6 heteroatoms. The van der Waals surface area contributed by atoms with Crippen molar-refractivity contribution >= 4 is 16.9 Å². The molecule has 0 unspecified atom stereocenters. The molecule has 4 aromatic rings. The molecule has 118 valence electrons. The van der Waals surface area contributed by atoms with Crippen LogP contribution in [0.1, 0.15) is 16.2 Å². The summed E-state index contributed by atoms with van der Waals surface area (Å²) in [6, 6.07) is 16.9. The molecule has 2 aromatic carbocycles. The van der Waals surface area contributed by atoms with Crippen molar-refractivity contribution < 1.29 is 13.9 Å². The van der Waals surface area contributed by atoms with Crippen LogP contribution in [0, 0.1) is 0 Å². The van der Waals surface area contributed by atoms with Crippen LogP contribution in [0.4, 0.5) is 0 Å². The van der Waals surface area contributed by atoms with Crippen molar-refractivity contribution in [2.75, 3.05) is 0 Å². The van der Waals surface area contributed by atoms with Crippen molar-refractivity contribution in [1.82, 2.24) is 15.2 Å². The summed E-state index contributed by atoms with van der Waals surface area (Å²) in [6.45, 7) is 0.0242. The smallest absolute Gasteiger partial charge is 0.359 e. The van der Waals surface area contributed by atoms with Gasteiger partial charge in [0.05, 0.1) is 5.52 Å². The van der Waals surface area contributed by atoms with Crippen LogP contribution in [0.2, 0.25) is 0 Å². The summed E-state index contributed by atoms with van der Waals surface area (Å²) in [5.74, 6) is -0.0106. The Morgan fingerprint density at radius 2 is 1.88 bits per heavy atom. The molecule has 24 heavy (non-hydrogen) atoms. The van der Waals surface area contributed by atoms with Crippen LogP contribution in [-0.2, 0) is 11.3 Å². The molecule has 0 bridgehead atoms. The van der Waals surface area contributed by atoms with Crippen molar-refractivity contribution in [2.45, 2.75) is 6.61 Å². The number of ether oxygens (including phenoxy) is 1. The highest BCUT2D eigenvalue weighted by molar-refractivity contribution is 6.01. The highest BCUT2D eigenvalue weighted by Crippen LogP contribution is 2.19. The normalized spacial score (nSPS) is 10.8. The van der Waals surface area contributed by atoms with E-state index in [0.717, 1.165) is 16.5 Å². The van der Waals surface area contributed by atoms with Crippen molar-refractivity contribution in [3.8, 4) is 11.5 Å². The van der Waals surface area contributed by atoms with Crippen LogP contribution in [0.3, 0.4) is 0 Å². The Morgan fingerprint density at radius 1 is 1.08 bits per heavy atom. The lowest BCUT2D eigenvalue weighted by molar-refractivity contribution is 0.0463. The summed E-state index contributed by atoms with van der Waals surface area (Å²) in [4.78, 5) is 16.5. The second-order valence-electron chi connectivity index (χ2n) is 5.20. The Hall–Kier alpha value is -3.41. The van der Waals surface area contributed by atoms with Gasteiger partial charge in [-0.2, -0.15) is 5.10 Å². The van der Waals surface area contributed by atoms with Crippen LogP contribution >= 0.6 is 0 Å². The summed E-state index contributed by atoms with van der Waals surface area (Å²) in [6.07, 6.45) is 1.48. The van der Waals surface area contributed by atoms with E-state index >= 15 is 0 Å². The zero-order chi connectivity index (χ0) is 16.4. The molecule has 2 aromatic heterocycles. The molecule has 4 rings (SSSR count). The third-order valence-corrected chi connectivity index (χ3v) is 3.59. The molecule has 0 fully saturated rings. The van der Waals surface area contributed by atoms with Gasteiger partial charge in [0, 0.05) is 10.9 Å². The molecule has 0 aliphatic heterocycles. The molecule has 1 N–H and O–H groups in total. The maximum absolute atomic E-state index is 12.2. The number of para-hydroxylation sites is 1. The number of hydrogen-bond acceptors (Lipinski definition) is 5. The van der Waals surface area contributed by atoms with Crippen molar-refractivity contribution in [1.29, 1.82) is 0 Å². The maximum Gasteiger partial charge on any atom is 0.359 e. The zero-order valence-corrected chi connectivity index (χ0v) is 12.6. The number of benzene rings is 2. The monoisotopic (exact) mass is 319 g/mol. The van der Waals surface area contributed by atoms with Gasteiger partial charge in [0.15, 0.2) is 5.69 Å². The molecule has 0 saturated carbocycles. The lowest BCUT2D eigenvalue weighted by Crippen LogP contribution is -2.06. The standard InChI is InChI=1S/C18H13N3O3/c22-18(16-14-8-4-5-9-15(14)20-21-16)24-11-13-10-23-17(19-13)12-6-2-1-3-7-12/h1-10H,11H2,(H,20,21). The molecule has 0 aliphatic carbocycles. The molecule has 0 spiro atoms. The van der Waals surface area contributed by atoms with Gasteiger partial charge in [0.1, 0.15) is 18.6 Å². The predicted octanol–water partition coefficient (Wildman–Crippen LogP) is 3.57. The number of fused-ring (bicyclic) bond motifs is 1. The van der Waals surface area contributed by atoms with Gasteiger partial charge in [0.2, 0.25) is 5.89 Å². The number of aromatic nitrogens is 3. The van der Waals surface area contributed by atoms with Crippen LogP contribution < -0.4 is 0 Å². The van der Waals surface area contributed by atoms with Crippen molar-refractivity contribution in [3.63, 3.8) is 0 Å². The van der Waals surface area contributed by atoms with E-state index in [1.54, 1.807) is 0 Å². The minimum Gasteiger partial charge on any atom is -0.454 e. The predicted molar refractivity (Wildman–Crippen MR) is 87.2 cm³/mol. The van der Waals surface area contributed by atoms with Gasteiger partial charge in [-0.05, 0) is 18.2 Å². The molecule has 0 amide bonds. The van der Waals surface area contributed by atoms with E-state index in [4.69, 9.17) is 9.15 Å². The number of carbonyl (C=O) groups is 1. The highest BCUT2D eigenvalue weighted by atomic mass is 16.5. The van der Waals surface area contributed by atoms with E-state index in [1.165, 1.54) is 6.26 Å². The van der Waals surface area contributed by atoms with Crippen LogP contribution in [-0.4, -0.2) is 21.2 Å². The lowest BCUT2D eigenvalue weighted by Gasteiger charge is -2.00. The fourth-order valence-corrected chi connectivity index (χ4v) is 2.41. The number of nitrogens with zero attached hydrogens (tertiary/aromatic N) is 2. The lowest BCUT2D eigenvalue weighted by atomic mass is 10.2. The number of rotatable bonds is 4. The second kappa shape index (κ2) is 6.00. The van der Waals surface area contributed by atoms with Gasteiger partial charge < -0.3 is 9.15 Å². The first kappa shape index (κ1) is 14.2. The van der Waals surface area contributed by atoms with Crippen LogP contribution in [0.25, 0.3) is 22.4 Å². The van der Waals surface area contributed by atoms with E-state index in [9.17, 15) is 4.79 Å². The molecular formula is C18H13N3O3. The number of aromatic amines is 1. The second-order valence-corrected chi connectivity index (χ2v) is 5.20. The molecule has 2 heterocycles. The largest absolute Gasteiger partial charge is 0.454 e. The van der Waals surface area contributed by atoms with E-state index < -0.39 is 5.97 Å². The number of carbonyl (C=O) groups excluding carboxylic acids is 1. The van der Waals surface area contributed by atoms with Gasteiger partial charge in [-0.3, -0.25) is 5.10 Å². The van der Waals surface area contributed by atoms with E-state index in [2.05, 4.69) is 15.2 Å². The molecule has 0 saturated heterocycles. The third kappa shape index (κ3) is 2.65. The quantitative estimate of drug-likeness (QED) is 0.582. The topological polar surface area (TPSA) is 81.0 Å². The zero-order valence-electron chi connectivity index (χ0n) is 12.6. The summed E-state index contributed by atoms with van der Waals surface area (Å²) < 4.78 is 10.7. The number of nitrogens with one attached hydrogen (secondary N) is 1. The first-order valence-corrected chi connectivity index (χ1v) is 7.41. The summed E-state index contributed by atoms with van der Waals surface area (Å²) in [5, 5.41) is 7.55. The fraction of sp³-hybridized carbons (Fsp3) is 0.0556. The van der Waals surface area contributed by atoms with Crippen molar-refractivity contribution in [3.05, 3.63) is 72.2 Å². The van der Waals surface area contributed by atoms with Gasteiger partial charge in [0.25, 0.3) is 0 Å². The van der Waals surface area contributed by atoms with Gasteiger partial charge >= 0.3 is 5.97 Å². The number of esters is 1. The Kier molecular flexibility index (Phi) is 3.55. The number of oxazole rings is 1. The SMILES string of the molecule is O=C(OCc1coc(-c2ccccc2)n1)c1n[nH]c2ccccc12. The van der Waals surface area contributed by atoms with E-state index in [1.807, 2.05) is 54.6 Å². The first-order chi connectivity index (χ1) is 11.8.